The Kier molecular flexibility index (Phi) is 5.71. The van der Waals surface area contributed by atoms with Crippen LogP contribution in [0.5, 0.6) is 11.5 Å². The first-order valence-electron chi connectivity index (χ1n) is 9.84. The number of nitrogens with one attached hydrogen (secondary N) is 2. The quantitative estimate of drug-likeness (QED) is 0.348. The minimum Gasteiger partial charge on any atom is -0.493 e. The Morgan fingerprint density at radius 3 is 2.48 bits per heavy atom. The Morgan fingerprint density at radius 1 is 0.968 bits per heavy atom. The van der Waals surface area contributed by atoms with Gasteiger partial charge in [0, 0.05) is 16.5 Å². The van der Waals surface area contributed by atoms with E-state index < -0.39 is 0 Å². The van der Waals surface area contributed by atoms with Gasteiger partial charge in [-0.1, -0.05) is 42.0 Å². The molecule has 4 rings (SSSR count). The molecule has 0 bridgehead atoms. The van der Waals surface area contributed by atoms with Gasteiger partial charge in [0.15, 0.2) is 11.5 Å². The van der Waals surface area contributed by atoms with Gasteiger partial charge in [-0.2, -0.15) is 5.10 Å². The van der Waals surface area contributed by atoms with Crippen molar-refractivity contribution in [1.29, 1.82) is 0 Å². The summed E-state index contributed by atoms with van der Waals surface area (Å²) >= 11 is 0. The van der Waals surface area contributed by atoms with Crippen LogP contribution in [0.3, 0.4) is 0 Å². The Morgan fingerprint density at radius 2 is 1.74 bits per heavy atom. The number of H-pyrrole nitrogens is 1. The lowest BCUT2D eigenvalue weighted by Gasteiger charge is -2.07. The molecular formula is C25H23N3O3. The number of hydrogen-bond acceptors (Lipinski definition) is 4. The number of amides is 1. The first-order chi connectivity index (χ1) is 15.1. The summed E-state index contributed by atoms with van der Waals surface area (Å²) in [6.07, 6.45) is 1.56. The second-order valence-electron chi connectivity index (χ2n) is 7.10. The lowest BCUT2D eigenvalue weighted by atomic mass is 10.0. The van der Waals surface area contributed by atoms with E-state index in [4.69, 9.17) is 9.47 Å². The molecule has 0 aliphatic carbocycles. The lowest BCUT2D eigenvalue weighted by molar-refractivity contribution is 0.0951. The molecule has 0 saturated carbocycles. The van der Waals surface area contributed by atoms with Crippen molar-refractivity contribution in [2.24, 2.45) is 5.10 Å². The van der Waals surface area contributed by atoms with E-state index in [9.17, 15) is 4.79 Å². The molecule has 6 nitrogen and oxygen atoms in total. The standard InChI is InChI=1S/C25H23N3O3/c1-16-9-11-20-19(13-16)23(18-7-5-4-6-8-18)24(27-20)25(29)28-26-15-17-10-12-21(30-2)22(14-17)31-3/h4-15,27H,1-3H3,(H,28,29)/b26-15+. The summed E-state index contributed by atoms with van der Waals surface area (Å²) in [7, 11) is 3.15. The Labute approximate surface area is 180 Å². The van der Waals surface area contributed by atoms with E-state index in [0.717, 1.165) is 33.2 Å². The maximum absolute atomic E-state index is 13.0. The fourth-order valence-corrected chi connectivity index (χ4v) is 3.54. The monoisotopic (exact) mass is 413 g/mol. The average Bonchev–Trinajstić information content (AvgIpc) is 3.18. The van der Waals surface area contributed by atoms with E-state index in [1.54, 1.807) is 32.6 Å². The molecule has 0 fully saturated rings. The van der Waals surface area contributed by atoms with Gasteiger partial charge >= 0.3 is 0 Å². The highest BCUT2D eigenvalue weighted by molar-refractivity contribution is 6.10. The van der Waals surface area contributed by atoms with E-state index in [1.165, 1.54) is 0 Å². The van der Waals surface area contributed by atoms with E-state index in [1.807, 2.05) is 55.5 Å². The summed E-state index contributed by atoms with van der Waals surface area (Å²) in [5.74, 6) is 0.907. The Hall–Kier alpha value is -4.06. The number of benzene rings is 3. The second kappa shape index (κ2) is 8.75. The van der Waals surface area contributed by atoms with Crippen LogP contribution >= 0.6 is 0 Å². The fourth-order valence-electron chi connectivity index (χ4n) is 3.54. The number of aromatic amines is 1. The highest BCUT2D eigenvalue weighted by Gasteiger charge is 2.19. The number of aryl methyl sites for hydroxylation is 1. The zero-order valence-corrected chi connectivity index (χ0v) is 17.6. The van der Waals surface area contributed by atoms with Crippen LogP contribution in [0, 0.1) is 6.92 Å². The summed E-state index contributed by atoms with van der Waals surface area (Å²) in [5.41, 5.74) is 7.72. The van der Waals surface area contributed by atoms with Crippen LogP contribution in [-0.4, -0.2) is 31.3 Å². The molecule has 1 heterocycles. The van der Waals surface area contributed by atoms with Crippen molar-refractivity contribution >= 4 is 23.0 Å². The third kappa shape index (κ3) is 4.14. The minimum absolute atomic E-state index is 0.315. The van der Waals surface area contributed by atoms with E-state index in [-0.39, 0.29) is 5.91 Å². The SMILES string of the molecule is COc1ccc(/C=N/NC(=O)c2[nH]c3ccc(C)cc3c2-c2ccccc2)cc1OC. The summed E-state index contributed by atoms with van der Waals surface area (Å²) in [5, 5.41) is 5.13. The summed E-state index contributed by atoms with van der Waals surface area (Å²) in [4.78, 5) is 16.3. The van der Waals surface area contributed by atoms with Crippen LogP contribution in [0.25, 0.3) is 22.0 Å². The zero-order chi connectivity index (χ0) is 21.8. The number of nitrogens with zero attached hydrogens (tertiary/aromatic N) is 1. The van der Waals surface area contributed by atoms with Crippen molar-refractivity contribution in [2.75, 3.05) is 14.2 Å². The number of ether oxygens (including phenoxy) is 2. The largest absolute Gasteiger partial charge is 0.493 e. The van der Waals surface area contributed by atoms with E-state index in [0.29, 0.717) is 17.2 Å². The van der Waals surface area contributed by atoms with Crippen molar-refractivity contribution in [2.45, 2.75) is 6.92 Å². The van der Waals surface area contributed by atoms with Crippen LogP contribution in [-0.2, 0) is 0 Å². The molecule has 1 amide bonds. The molecule has 0 aliphatic heterocycles. The van der Waals surface area contributed by atoms with Crippen LogP contribution in [0.2, 0.25) is 0 Å². The van der Waals surface area contributed by atoms with Crippen LogP contribution in [0.4, 0.5) is 0 Å². The third-order valence-electron chi connectivity index (χ3n) is 5.03. The molecule has 156 valence electrons. The number of rotatable bonds is 6. The molecule has 4 aromatic rings. The van der Waals surface area contributed by atoms with Crippen molar-refractivity contribution in [3.8, 4) is 22.6 Å². The topological polar surface area (TPSA) is 75.7 Å². The van der Waals surface area contributed by atoms with Crippen molar-refractivity contribution < 1.29 is 14.3 Å². The molecule has 0 spiro atoms. The maximum Gasteiger partial charge on any atom is 0.288 e. The molecule has 3 aromatic carbocycles. The number of aromatic nitrogens is 1. The predicted octanol–water partition coefficient (Wildman–Crippen LogP) is 4.92. The van der Waals surface area contributed by atoms with Gasteiger partial charge in [-0.15, -0.1) is 0 Å². The van der Waals surface area contributed by atoms with Gasteiger partial charge < -0.3 is 14.5 Å². The maximum atomic E-state index is 13.0. The molecule has 0 atom stereocenters. The van der Waals surface area contributed by atoms with Crippen LogP contribution < -0.4 is 14.9 Å². The molecule has 0 saturated heterocycles. The number of hydrogen-bond donors (Lipinski definition) is 2. The van der Waals surface area contributed by atoms with Crippen LogP contribution in [0.1, 0.15) is 21.6 Å². The van der Waals surface area contributed by atoms with Gasteiger partial charge in [0.1, 0.15) is 5.69 Å². The van der Waals surface area contributed by atoms with E-state index in [2.05, 4.69) is 21.6 Å². The molecule has 1 aromatic heterocycles. The van der Waals surface area contributed by atoms with E-state index >= 15 is 0 Å². The smallest absolute Gasteiger partial charge is 0.288 e. The third-order valence-corrected chi connectivity index (χ3v) is 5.03. The predicted molar refractivity (Wildman–Crippen MR) is 123 cm³/mol. The molecule has 31 heavy (non-hydrogen) atoms. The van der Waals surface area contributed by atoms with Gasteiger partial charge in [0.2, 0.25) is 0 Å². The molecule has 0 aliphatic rings. The van der Waals surface area contributed by atoms with Gasteiger partial charge in [-0.05, 0) is 48.4 Å². The average molecular weight is 413 g/mol. The van der Waals surface area contributed by atoms with Gasteiger partial charge in [-0.25, -0.2) is 5.43 Å². The van der Waals surface area contributed by atoms with Crippen molar-refractivity contribution in [1.82, 2.24) is 10.4 Å². The number of hydrazone groups is 1. The van der Waals surface area contributed by atoms with Crippen LogP contribution in [0.15, 0.2) is 71.8 Å². The first-order valence-corrected chi connectivity index (χ1v) is 9.84. The molecule has 0 radical (unpaired) electrons. The molecular weight excluding hydrogens is 390 g/mol. The van der Waals surface area contributed by atoms with Crippen molar-refractivity contribution in [3.63, 3.8) is 0 Å². The Balaban J connectivity index is 1.65. The first kappa shape index (κ1) is 20.2. The normalized spacial score (nSPS) is 11.1. The number of carbonyl (C=O) groups excluding carboxylic acids is 1. The summed E-state index contributed by atoms with van der Waals surface area (Å²) in [6, 6.07) is 21.4. The summed E-state index contributed by atoms with van der Waals surface area (Å²) in [6.45, 7) is 2.04. The lowest BCUT2D eigenvalue weighted by Crippen LogP contribution is -2.18. The number of carbonyl (C=O) groups is 1. The zero-order valence-electron chi connectivity index (χ0n) is 17.6. The highest BCUT2D eigenvalue weighted by Crippen LogP contribution is 2.33. The summed E-state index contributed by atoms with van der Waals surface area (Å²) < 4.78 is 10.5. The fraction of sp³-hybridized carbons (Fsp3) is 0.120. The molecule has 6 heteroatoms. The second-order valence-corrected chi connectivity index (χ2v) is 7.10. The number of methoxy groups -OCH3 is 2. The van der Waals surface area contributed by atoms with Crippen molar-refractivity contribution in [3.05, 3.63) is 83.6 Å². The van der Waals surface area contributed by atoms with Gasteiger partial charge in [0.25, 0.3) is 5.91 Å². The molecule has 0 unspecified atom stereocenters. The highest BCUT2D eigenvalue weighted by atomic mass is 16.5. The Bertz CT molecular complexity index is 1260. The minimum atomic E-state index is -0.315. The van der Waals surface area contributed by atoms with Gasteiger partial charge in [-0.3, -0.25) is 4.79 Å². The van der Waals surface area contributed by atoms with Gasteiger partial charge in [0.05, 0.1) is 20.4 Å². The molecule has 2 N–H and O–H groups in total. The number of fused-ring (bicyclic) bond motifs is 1.